The molecule has 5 nitrogen and oxygen atoms in total. The van der Waals surface area contributed by atoms with Gasteiger partial charge < -0.3 is 19.5 Å². The van der Waals surface area contributed by atoms with Crippen molar-refractivity contribution in [3.8, 4) is 0 Å². The standard InChI is InChI=1S/C16H29NO4/c1-16(2,3)21-15(19)17-10-13(9-14(17)11-18)8-12-4-6-20-7-5-12/h12-14,18H,4-11H2,1-3H3/t13?,14-/m0/s1. The van der Waals surface area contributed by atoms with E-state index in [2.05, 4.69) is 0 Å². The Morgan fingerprint density at radius 2 is 1.95 bits per heavy atom. The molecule has 2 heterocycles. The van der Waals surface area contributed by atoms with Crippen LogP contribution in [-0.4, -0.2) is 54.1 Å². The van der Waals surface area contributed by atoms with Gasteiger partial charge in [0.2, 0.25) is 0 Å². The minimum atomic E-state index is -0.490. The molecule has 5 heteroatoms. The van der Waals surface area contributed by atoms with E-state index in [1.54, 1.807) is 4.90 Å². The maximum Gasteiger partial charge on any atom is 0.410 e. The number of nitrogens with zero attached hydrogens (tertiary/aromatic N) is 1. The minimum absolute atomic E-state index is 0.0174. The number of likely N-dealkylation sites (tertiary alicyclic amines) is 1. The summed E-state index contributed by atoms with van der Waals surface area (Å²) >= 11 is 0. The van der Waals surface area contributed by atoms with Crippen LogP contribution in [0.1, 0.15) is 46.5 Å². The first-order valence-electron chi connectivity index (χ1n) is 8.07. The smallest absolute Gasteiger partial charge is 0.410 e. The summed E-state index contributed by atoms with van der Waals surface area (Å²) in [6, 6.07) is -0.0929. The fourth-order valence-corrected chi connectivity index (χ4v) is 3.36. The Morgan fingerprint density at radius 1 is 1.29 bits per heavy atom. The molecule has 1 N–H and O–H groups in total. The maximum atomic E-state index is 12.2. The lowest BCUT2D eigenvalue weighted by Crippen LogP contribution is -2.41. The van der Waals surface area contributed by atoms with E-state index in [1.807, 2.05) is 20.8 Å². The Bertz CT molecular complexity index is 347. The molecule has 0 aromatic rings. The van der Waals surface area contributed by atoms with Gasteiger partial charge in [-0.2, -0.15) is 0 Å². The zero-order valence-electron chi connectivity index (χ0n) is 13.5. The second-order valence-electron chi connectivity index (χ2n) is 7.36. The van der Waals surface area contributed by atoms with Gasteiger partial charge in [-0.05, 0) is 58.3 Å². The molecule has 0 spiro atoms. The highest BCUT2D eigenvalue weighted by Gasteiger charge is 2.37. The third-order valence-corrected chi connectivity index (χ3v) is 4.35. The Hall–Kier alpha value is -0.810. The fraction of sp³-hybridized carbons (Fsp3) is 0.938. The highest BCUT2D eigenvalue weighted by atomic mass is 16.6. The van der Waals surface area contributed by atoms with Crippen LogP contribution in [0.5, 0.6) is 0 Å². The Morgan fingerprint density at radius 3 is 2.52 bits per heavy atom. The third kappa shape index (κ3) is 4.85. The highest BCUT2D eigenvalue weighted by molar-refractivity contribution is 5.69. The number of carbonyl (C=O) groups is 1. The van der Waals surface area contributed by atoms with Gasteiger partial charge in [0.15, 0.2) is 0 Å². The van der Waals surface area contributed by atoms with Crippen molar-refractivity contribution < 1.29 is 19.4 Å². The van der Waals surface area contributed by atoms with Crippen molar-refractivity contribution in [1.29, 1.82) is 0 Å². The maximum absolute atomic E-state index is 12.2. The molecule has 21 heavy (non-hydrogen) atoms. The summed E-state index contributed by atoms with van der Waals surface area (Å²) in [7, 11) is 0. The molecule has 0 radical (unpaired) electrons. The van der Waals surface area contributed by atoms with E-state index in [9.17, 15) is 9.90 Å². The van der Waals surface area contributed by atoms with Crippen molar-refractivity contribution in [3.63, 3.8) is 0 Å². The predicted octanol–water partition coefficient (Wildman–Crippen LogP) is 2.42. The van der Waals surface area contributed by atoms with E-state index < -0.39 is 5.60 Å². The van der Waals surface area contributed by atoms with Crippen molar-refractivity contribution in [2.24, 2.45) is 11.8 Å². The van der Waals surface area contributed by atoms with E-state index in [-0.39, 0.29) is 18.7 Å². The fourth-order valence-electron chi connectivity index (χ4n) is 3.36. The van der Waals surface area contributed by atoms with Gasteiger partial charge in [-0.3, -0.25) is 0 Å². The summed E-state index contributed by atoms with van der Waals surface area (Å²) in [4.78, 5) is 14.0. The summed E-state index contributed by atoms with van der Waals surface area (Å²) in [6.07, 6.45) is 3.95. The molecule has 0 bridgehead atoms. The number of aliphatic hydroxyl groups excluding tert-OH is 1. The van der Waals surface area contributed by atoms with Gasteiger partial charge in [-0.25, -0.2) is 4.79 Å². The second-order valence-corrected chi connectivity index (χ2v) is 7.36. The normalized spacial score (nSPS) is 27.9. The summed E-state index contributed by atoms with van der Waals surface area (Å²) in [5.41, 5.74) is -0.490. The van der Waals surface area contributed by atoms with Crippen LogP contribution in [0.15, 0.2) is 0 Å². The van der Waals surface area contributed by atoms with Crippen LogP contribution in [-0.2, 0) is 9.47 Å². The number of amides is 1. The number of hydrogen-bond donors (Lipinski definition) is 1. The molecule has 0 aromatic heterocycles. The van der Waals surface area contributed by atoms with Crippen molar-refractivity contribution in [3.05, 3.63) is 0 Å². The average molecular weight is 299 g/mol. The van der Waals surface area contributed by atoms with E-state index in [0.29, 0.717) is 18.4 Å². The third-order valence-electron chi connectivity index (χ3n) is 4.35. The van der Waals surface area contributed by atoms with Crippen LogP contribution in [0.4, 0.5) is 4.79 Å². The zero-order valence-corrected chi connectivity index (χ0v) is 13.5. The van der Waals surface area contributed by atoms with E-state index in [1.165, 1.54) is 0 Å². The molecule has 2 fully saturated rings. The van der Waals surface area contributed by atoms with Crippen LogP contribution in [0.2, 0.25) is 0 Å². The molecule has 2 atom stereocenters. The first kappa shape index (κ1) is 16.6. The van der Waals surface area contributed by atoms with Crippen LogP contribution >= 0.6 is 0 Å². The summed E-state index contributed by atoms with van der Waals surface area (Å²) in [5, 5.41) is 9.54. The number of aliphatic hydroxyl groups is 1. The number of hydrogen-bond acceptors (Lipinski definition) is 4. The van der Waals surface area contributed by atoms with Crippen molar-refractivity contribution in [1.82, 2.24) is 4.90 Å². The van der Waals surface area contributed by atoms with Crippen LogP contribution < -0.4 is 0 Å². The van der Waals surface area contributed by atoms with Gasteiger partial charge in [0.1, 0.15) is 5.60 Å². The molecule has 0 saturated carbocycles. The van der Waals surface area contributed by atoms with Gasteiger partial charge in [0.05, 0.1) is 12.6 Å². The Kier molecular flexibility index (Phi) is 5.49. The molecule has 1 unspecified atom stereocenters. The van der Waals surface area contributed by atoms with Crippen LogP contribution in [0.25, 0.3) is 0 Å². The quantitative estimate of drug-likeness (QED) is 0.869. The first-order chi connectivity index (χ1) is 9.89. The summed E-state index contributed by atoms with van der Waals surface area (Å²) in [5.74, 6) is 1.17. The summed E-state index contributed by atoms with van der Waals surface area (Å²) in [6.45, 7) is 8.05. The Balaban J connectivity index is 1.88. The number of ether oxygens (including phenoxy) is 2. The first-order valence-corrected chi connectivity index (χ1v) is 8.07. The zero-order chi connectivity index (χ0) is 15.5. The topological polar surface area (TPSA) is 59.0 Å². The molecule has 122 valence electrons. The lowest BCUT2D eigenvalue weighted by molar-refractivity contribution is 0.0168. The van der Waals surface area contributed by atoms with Crippen molar-refractivity contribution in [2.75, 3.05) is 26.4 Å². The summed E-state index contributed by atoms with van der Waals surface area (Å²) < 4.78 is 10.8. The molecule has 1 amide bonds. The highest BCUT2D eigenvalue weighted by Crippen LogP contribution is 2.32. The van der Waals surface area contributed by atoms with E-state index in [0.717, 1.165) is 38.9 Å². The lowest BCUT2D eigenvalue weighted by atomic mass is 9.88. The number of carbonyl (C=O) groups excluding carboxylic acids is 1. The van der Waals surface area contributed by atoms with Crippen molar-refractivity contribution in [2.45, 2.75) is 58.1 Å². The molecule has 2 aliphatic heterocycles. The molecule has 2 aliphatic rings. The Labute approximate surface area is 127 Å². The molecule has 2 rings (SSSR count). The van der Waals surface area contributed by atoms with Gasteiger partial charge in [-0.1, -0.05) is 0 Å². The predicted molar refractivity (Wildman–Crippen MR) is 80.1 cm³/mol. The lowest BCUT2D eigenvalue weighted by Gasteiger charge is -2.28. The van der Waals surface area contributed by atoms with Crippen molar-refractivity contribution >= 4 is 6.09 Å². The molecular formula is C16H29NO4. The van der Waals surface area contributed by atoms with Gasteiger partial charge >= 0.3 is 6.09 Å². The SMILES string of the molecule is CC(C)(C)OC(=O)N1CC(CC2CCOCC2)C[C@H]1CO. The van der Waals surface area contributed by atoms with Crippen LogP contribution in [0.3, 0.4) is 0 Å². The molecule has 0 aliphatic carbocycles. The van der Waals surface area contributed by atoms with E-state index >= 15 is 0 Å². The van der Waals surface area contributed by atoms with Gasteiger partial charge in [-0.15, -0.1) is 0 Å². The van der Waals surface area contributed by atoms with Gasteiger partial charge in [0.25, 0.3) is 0 Å². The van der Waals surface area contributed by atoms with E-state index in [4.69, 9.17) is 9.47 Å². The second kappa shape index (κ2) is 6.97. The molecule has 2 saturated heterocycles. The number of rotatable bonds is 3. The van der Waals surface area contributed by atoms with Crippen LogP contribution in [0, 0.1) is 11.8 Å². The minimum Gasteiger partial charge on any atom is -0.444 e. The average Bonchev–Trinajstić information content (AvgIpc) is 2.81. The monoisotopic (exact) mass is 299 g/mol. The molecule has 0 aromatic carbocycles. The van der Waals surface area contributed by atoms with Gasteiger partial charge in [0, 0.05) is 19.8 Å². The molecular weight excluding hydrogens is 270 g/mol. The largest absolute Gasteiger partial charge is 0.444 e.